The van der Waals surface area contributed by atoms with Crippen molar-refractivity contribution in [3.05, 3.63) is 60.7 Å². The largest absolute Gasteiger partial charge is 0.375 e. The fourth-order valence-corrected chi connectivity index (χ4v) is 4.21. The van der Waals surface area contributed by atoms with Crippen molar-refractivity contribution in [3.63, 3.8) is 0 Å². The number of imidazole rings is 1. The molecule has 5 nitrogen and oxygen atoms in total. The molecule has 0 unspecified atom stereocenters. The molecule has 2 aromatic carbocycles. The summed E-state index contributed by atoms with van der Waals surface area (Å²) in [5, 5.41) is 3.40. The maximum atomic E-state index is 4.91. The highest BCUT2D eigenvalue weighted by molar-refractivity contribution is 7.99. The summed E-state index contributed by atoms with van der Waals surface area (Å²) in [6, 6.07) is 20.8. The normalized spacial score (nSPS) is 12.8. The molecule has 0 fully saturated rings. The first-order valence-corrected chi connectivity index (χ1v) is 9.82. The van der Waals surface area contributed by atoms with Crippen molar-refractivity contribution < 1.29 is 0 Å². The van der Waals surface area contributed by atoms with Crippen LogP contribution in [-0.2, 0) is 0 Å². The molecule has 6 heteroatoms. The van der Waals surface area contributed by atoms with Gasteiger partial charge in [-0.05, 0) is 30.3 Å². The summed E-state index contributed by atoms with van der Waals surface area (Å²) in [5.74, 6) is 2.74. The second-order valence-corrected chi connectivity index (χ2v) is 7.71. The zero-order chi connectivity index (χ0) is 18.4. The van der Waals surface area contributed by atoms with Crippen molar-refractivity contribution in [2.24, 2.45) is 0 Å². The van der Waals surface area contributed by atoms with Crippen LogP contribution in [0, 0.1) is 0 Å². The van der Waals surface area contributed by atoms with E-state index in [-0.39, 0.29) is 0 Å². The molecule has 1 aliphatic heterocycles. The molecule has 0 bridgehead atoms. The predicted octanol–water partition coefficient (Wildman–Crippen LogP) is 4.63. The summed E-state index contributed by atoms with van der Waals surface area (Å²) >= 11 is 1.82. The van der Waals surface area contributed by atoms with Gasteiger partial charge in [0.15, 0.2) is 5.65 Å². The standard InChI is InChI=1S/C21H19N5S/c1-25(2)19-11-10-17-21(24-19)26(20(23-17)14-6-4-3-5-7-14)15-8-9-16-18(12-15)27-13-22-16/h3-12,22H,13H2,1-2H3. The highest BCUT2D eigenvalue weighted by Gasteiger charge is 2.18. The number of fused-ring (bicyclic) bond motifs is 2. The van der Waals surface area contributed by atoms with Gasteiger partial charge in [-0.3, -0.25) is 4.57 Å². The van der Waals surface area contributed by atoms with Gasteiger partial charge in [0.1, 0.15) is 17.2 Å². The van der Waals surface area contributed by atoms with Gasteiger partial charge in [-0.2, -0.15) is 0 Å². The summed E-state index contributed by atoms with van der Waals surface area (Å²) in [7, 11) is 4.01. The number of nitrogens with zero attached hydrogens (tertiary/aromatic N) is 4. The molecule has 5 rings (SSSR count). The molecule has 27 heavy (non-hydrogen) atoms. The molecule has 0 saturated carbocycles. The zero-order valence-electron chi connectivity index (χ0n) is 15.2. The summed E-state index contributed by atoms with van der Waals surface area (Å²) in [5.41, 5.74) is 5.11. The van der Waals surface area contributed by atoms with Crippen LogP contribution in [0.3, 0.4) is 0 Å². The monoisotopic (exact) mass is 373 g/mol. The van der Waals surface area contributed by atoms with Gasteiger partial charge in [0.2, 0.25) is 0 Å². The molecule has 2 aromatic heterocycles. The van der Waals surface area contributed by atoms with Crippen molar-refractivity contribution >= 4 is 34.4 Å². The second-order valence-electron chi connectivity index (χ2n) is 6.69. The van der Waals surface area contributed by atoms with E-state index in [2.05, 4.69) is 40.2 Å². The molecule has 1 aliphatic rings. The van der Waals surface area contributed by atoms with E-state index < -0.39 is 0 Å². The van der Waals surface area contributed by atoms with Crippen LogP contribution in [0.15, 0.2) is 65.6 Å². The fourth-order valence-electron chi connectivity index (χ4n) is 3.33. The first-order chi connectivity index (χ1) is 13.2. The summed E-state index contributed by atoms with van der Waals surface area (Å²) in [4.78, 5) is 13.1. The smallest absolute Gasteiger partial charge is 0.167 e. The number of anilines is 2. The Hall–Kier alpha value is -2.99. The lowest BCUT2D eigenvalue weighted by atomic mass is 10.2. The van der Waals surface area contributed by atoms with E-state index >= 15 is 0 Å². The van der Waals surface area contributed by atoms with Crippen molar-refractivity contribution in [2.75, 3.05) is 30.2 Å². The van der Waals surface area contributed by atoms with Crippen molar-refractivity contribution in [3.8, 4) is 17.1 Å². The van der Waals surface area contributed by atoms with Crippen molar-refractivity contribution in [1.29, 1.82) is 0 Å². The number of aromatic nitrogens is 3. The van der Waals surface area contributed by atoms with Crippen molar-refractivity contribution in [1.82, 2.24) is 14.5 Å². The van der Waals surface area contributed by atoms with Gasteiger partial charge >= 0.3 is 0 Å². The topological polar surface area (TPSA) is 46.0 Å². The number of rotatable bonds is 3. The minimum atomic E-state index is 0.871. The van der Waals surface area contributed by atoms with Crippen LogP contribution in [0.1, 0.15) is 0 Å². The lowest BCUT2D eigenvalue weighted by molar-refractivity contribution is 1.04. The van der Waals surface area contributed by atoms with Crippen LogP contribution in [0.25, 0.3) is 28.2 Å². The summed E-state index contributed by atoms with van der Waals surface area (Å²) in [6.45, 7) is 0. The van der Waals surface area contributed by atoms with Gasteiger partial charge in [-0.25, -0.2) is 9.97 Å². The van der Waals surface area contributed by atoms with E-state index in [0.29, 0.717) is 0 Å². The lowest BCUT2D eigenvalue weighted by Gasteiger charge is -2.13. The Morgan fingerprint density at radius 1 is 1.00 bits per heavy atom. The van der Waals surface area contributed by atoms with E-state index in [4.69, 9.17) is 9.97 Å². The van der Waals surface area contributed by atoms with Crippen LogP contribution in [0.4, 0.5) is 11.5 Å². The van der Waals surface area contributed by atoms with Gasteiger partial charge < -0.3 is 10.2 Å². The van der Waals surface area contributed by atoms with Crippen LogP contribution in [0.2, 0.25) is 0 Å². The first kappa shape index (κ1) is 16.2. The highest BCUT2D eigenvalue weighted by atomic mass is 32.2. The Bertz CT molecular complexity index is 1130. The summed E-state index contributed by atoms with van der Waals surface area (Å²) < 4.78 is 2.16. The molecule has 1 N–H and O–H groups in total. The maximum Gasteiger partial charge on any atom is 0.167 e. The lowest BCUT2D eigenvalue weighted by Crippen LogP contribution is -2.11. The Balaban J connectivity index is 1.80. The van der Waals surface area contributed by atoms with Crippen molar-refractivity contribution in [2.45, 2.75) is 4.90 Å². The molecule has 4 aromatic rings. The SMILES string of the molecule is CN(C)c1ccc2nc(-c3ccccc3)n(-c3ccc4c(c3)SCN4)c2n1. The highest BCUT2D eigenvalue weighted by Crippen LogP contribution is 2.37. The van der Waals surface area contributed by atoms with Gasteiger partial charge in [0.25, 0.3) is 0 Å². The number of thioether (sulfide) groups is 1. The van der Waals surface area contributed by atoms with Crippen LogP contribution < -0.4 is 10.2 Å². The third-order valence-electron chi connectivity index (χ3n) is 4.69. The number of benzene rings is 2. The molecule has 0 spiro atoms. The molecule has 0 aliphatic carbocycles. The number of hydrogen-bond donors (Lipinski definition) is 1. The molecular formula is C21H19N5S. The van der Waals surface area contributed by atoms with E-state index in [1.165, 1.54) is 10.6 Å². The zero-order valence-corrected chi connectivity index (χ0v) is 16.0. The van der Waals surface area contributed by atoms with Crippen LogP contribution >= 0.6 is 11.8 Å². The molecule has 0 atom stereocenters. The minimum Gasteiger partial charge on any atom is -0.375 e. The number of pyridine rings is 1. The average Bonchev–Trinajstić information content (AvgIpc) is 3.31. The molecule has 3 heterocycles. The predicted molar refractivity (Wildman–Crippen MR) is 113 cm³/mol. The molecule has 134 valence electrons. The summed E-state index contributed by atoms with van der Waals surface area (Å²) in [6.07, 6.45) is 0. The van der Waals surface area contributed by atoms with E-state index in [1.54, 1.807) is 0 Å². The maximum absolute atomic E-state index is 4.91. The Kier molecular flexibility index (Phi) is 3.79. The molecule has 0 radical (unpaired) electrons. The molecule has 0 saturated heterocycles. The van der Waals surface area contributed by atoms with Gasteiger partial charge in [-0.15, -0.1) is 11.8 Å². The number of hydrogen-bond acceptors (Lipinski definition) is 5. The Labute approximate surface area is 162 Å². The van der Waals surface area contributed by atoms with Crippen LogP contribution in [-0.4, -0.2) is 34.5 Å². The average molecular weight is 373 g/mol. The quantitative estimate of drug-likeness (QED) is 0.567. The van der Waals surface area contributed by atoms with Crippen LogP contribution in [0.5, 0.6) is 0 Å². The van der Waals surface area contributed by atoms with E-state index in [0.717, 1.165) is 39.9 Å². The Morgan fingerprint density at radius 2 is 1.85 bits per heavy atom. The third kappa shape index (κ3) is 2.73. The minimum absolute atomic E-state index is 0.871. The Morgan fingerprint density at radius 3 is 2.67 bits per heavy atom. The molecule has 0 amide bonds. The number of nitrogens with one attached hydrogen (secondary N) is 1. The second kappa shape index (κ2) is 6.32. The van der Waals surface area contributed by atoms with E-state index in [1.807, 2.05) is 61.1 Å². The van der Waals surface area contributed by atoms with E-state index in [9.17, 15) is 0 Å². The van der Waals surface area contributed by atoms with Gasteiger partial charge in [0, 0.05) is 30.2 Å². The van der Waals surface area contributed by atoms with Gasteiger partial charge in [0.05, 0.1) is 11.6 Å². The first-order valence-electron chi connectivity index (χ1n) is 8.84. The fraction of sp³-hybridized carbons (Fsp3) is 0.143. The third-order valence-corrected chi connectivity index (χ3v) is 5.63. The van der Waals surface area contributed by atoms with Gasteiger partial charge in [-0.1, -0.05) is 30.3 Å². The molecular weight excluding hydrogens is 354 g/mol.